The molecule has 2 heterocycles. The van der Waals surface area contributed by atoms with E-state index in [1.165, 1.54) is 0 Å². The lowest BCUT2D eigenvalue weighted by Crippen LogP contribution is -2.37. The summed E-state index contributed by atoms with van der Waals surface area (Å²) in [5.41, 5.74) is -0.0120. The third-order valence-electron chi connectivity index (χ3n) is 3.06. The second-order valence-electron chi connectivity index (χ2n) is 3.99. The van der Waals surface area contributed by atoms with Gasteiger partial charge in [-0.1, -0.05) is 0 Å². The largest absolute Gasteiger partial charge is 0.348 e. The molecular weight excluding hydrogens is 226 g/mol. The SMILES string of the molecule is CCn1ccnc(N2CCCC2CCl)c1=O. The molecule has 1 saturated heterocycles. The molecule has 0 N–H and O–H groups in total. The van der Waals surface area contributed by atoms with E-state index in [0.29, 0.717) is 18.2 Å². The summed E-state index contributed by atoms with van der Waals surface area (Å²) in [6, 6.07) is 0.259. The summed E-state index contributed by atoms with van der Waals surface area (Å²) < 4.78 is 1.67. The Balaban J connectivity index is 2.36. The Kier molecular flexibility index (Phi) is 3.49. The molecule has 0 spiro atoms. The summed E-state index contributed by atoms with van der Waals surface area (Å²) in [6.45, 7) is 3.51. The summed E-state index contributed by atoms with van der Waals surface area (Å²) in [5, 5.41) is 0. The maximum atomic E-state index is 12.1. The van der Waals surface area contributed by atoms with E-state index in [0.717, 1.165) is 19.4 Å². The van der Waals surface area contributed by atoms with Crippen LogP contribution in [0.25, 0.3) is 0 Å². The Hall–Kier alpha value is -1.03. The van der Waals surface area contributed by atoms with Gasteiger partial charge in [-0.05, 0) is 19.8 Å². The van der Waals surface area contributed by atoms with Crippen LogP contribution in [0.4, 0.5) is 5.82 Å². The van der Waals surface area contributed by atoms with Crippen LogP contribution in [0, 0.1) is 0 Å². The summed E-state index contributed by atoms with van der Waals surface area (Å²) >= 11 is 5.90. The second kappa shape index (κ2) is 4.87. The Morgan fingerprint density at radius 3 is 3.12 bits per heavy atom. The zero-order valence-electron chi connectivity index (χ0n) is 9.40. The van der Waals surface area contributed by atoms with E-state index < -0.39 is 0 Å². The number of hydrogen-bond donors (Lipinski definition) is 0. The van der Waals surface area contributed by atoms with Crippen molar-refractivity contribution in [3.8, 4) is 0 Å². The van der Waals surface area contributed by atoms with Gasteiger partial charge in [-0.25, -0.2) is 4.98 Å². The lowest BCUT2D eigenvalue weighted by molar-refractivity contribution is 0.685. The number of halogens is 1. The van der Waals surface area contributed by atoms with Crippen molar-refractivity contribution in [2.75, 3.05) is 17.3 Å². The molecule has 1 aliphatic heterocycles. The van der Waals surface area contributed by atoms with Gasteiger partial charge in [-0.3, -0.25) is 4.79 Å². The highest BCUT2D eigenvalue weighted by molar-refractivity contribution is 6.18. The first kappa shape index (κ1) is 11.5. The molecule has 1 fully saturated rings. The molecule has 1 aromatic rings. The predicted molar refractivity (Wildman–Crippen MR) is 65.3 cm³/mol. The van der Waals surface area contributed by atoms with Crippen LogP contribution < -0.4 is 10.5 Å². The summed E-state index contributed by atoms with van der Waals surface area (Å²) in [4.78, 5) is 18.3. The lowest BCUT2D eigenvalue weighted by Gasteiger charge is -2.23. The van der Waals surface area contributed by atoms with Crippen LogP contribution in [0.15, 0.2) is 17.2 Å². The monoisotopic (exact) mass is 241 g/mol. The molecule has 16 heavy (non-hydrogen) atoms. The predicted octanol–water partition coefficient (Wildman–Crippen LogP) is 1.47. The third kappa shape index (κ3) is 1.94. The Morgan fingerprint density at radius 1 is 1.62 bits per heavy atom. The first-order chi connectivity index (χ1) is 7.77. The zero-order chi connectivity index (χ0) is 11.5. The van der Waals surface area contributed by atoms with E-state index in [2.05, 4.69) is 4.98 Å². The lowest BCUT2D eigenvalue weighted by atomic mass is 10.2. The van der Waals surface area contributed by atoms with Crippen molar-refractivity contribution >= 4 is 17.4 Å². The number of alkyl halides is 1. The summed E-state index contributed by atoms with van der Waals surface area (Å²) in [6.07, 6.45) is 5.53. The van der Waals surface area contributed by atoms with Crippen LogP contribution in [-0.2, 0) is 6.54 Å². The molecule has 0 bridgehead atoms. The highest BCUT2D eigenvalue weighted by Gasteiger charge is 2.26. The van der Waals surface area contributed by atoms with Crippen molar-refractivity contribution in [2.45, 2.75) is 32.4 Å². The molecule has 0 amide bonds. The van der Waals surface area contributed by atoms with Gasteiger partial charge in [-0.2, -0.15) is 0 Å². The van der Waals surface area contributed by atoms with Gasteiger partial charge in [0, 0.05) is 37.4 Å². The third-order valence-corrected chi connectivity index (χ3v) is 3.42. The number of hydrogen-bond acceptors (Lipinski definition) is 3. The fourth-order valence-corrected chi connectivity index (χ4v) is 2.48. The van der Waals surface area contributed by atoms with Gasteiger partial charge < -0.3 is 9.47 Å². The first-order valence-corrected chi connectivity index (χ1v) is 6.19. The maximum absolute atomic E-state index is 12.1. The van der Waals surface area contributed by atoms with Gasteiger partial charge in [-0.15, -0.1) is 11.6 Å². The summed E-state index contributed by atoms with van der Waals surface area (Å²) in [7, 11) is 0. The Labute approximate surface area is 99.9 Å². The van der Waals surface area contributed by atoms with Crippen LogP contribution in [0.3, 0.4) is 0 Å². The average molecular weight is 242 g/mol. The minimum atomic E-state index is -0.0120. The number of nitrogens with zero attached hydrogens (tertiary/aromatic N) is 3. The van der Waals surface area contributed by atoms with Crippen molar-refractivity contribution in [2.24, 2.45) is 0 Å². The molecule has 5 heteroatoms. The Morgan fingerprint density at radius 2 is 2.44 bits per heavy atom. The molecule has 4 nitrogen and oxygen atoms in total. The fourth-order valence-electron chi connectivity index (χ4n) is 2.16. The molecule has 2 rings (SSSR count). The minimum Gasteiger partial charge on any atom is -0.348 e. The van der Waals surface area contributed by atoms with E-state index in [1.54, 1.807) is 17.0 Å². The van der Waals surface area contributed by atoms with Crippen LogP contribution in [0.2, 0.25) is 0 Å². The standard InChI is InChI=1S/C11H16ClN3O/c1-2-14-7-5-13-10(11(14)16)15-6-3-4-9(15)8-12/h5,7,9H,2-4,6,8H2,1H3. The van der Waals surface area contributed by atoms with Crippen molar-refractivity contribution in [1.82, 2.24) is 9.55 Å². The number of anilines is 1. The molecule has 88 valence electrons. The minimum absolute atomic E-state index is 0.0120. The normalized spacial score (nSPS) is 20.4. The second-order valence-corrected chi connectivity index (χ2v) is 4.29. The van der Waals surface area contributed by atoms with Crippen LogP contribution in [-0.4, -0.2) is 28.0 Å². The van der Waals surface area contributed by atoms with Crippen LogP contribution >= 0.6 is 11.6 Å². The molecule has 1 atom stereocenters. The van der Waals surface area contributed by atoms with E-state index in [9.17, 15) is 4.79 Å². The molecular formula is C11H16ClN3O. The quantitative estimate of drug-likeness (QED) is 0.753. The van der Waals surface area contributed by atoms with Crippen molar-refractivity contribution in [1.29, 1.82) is 0 Å². The van der Waals surface area contributed by atoms with Crippen LogP contribution in [0.1, 0.15) is 19.8 Å². The van der Waals surface area contributed by atoms with E-state index in [-0.39, 0.29) is 11.6 Å². The van der Waals surface area contributed by atoms with Gasteiger partial charge in [0.05, 0.1) is 0 Å². The highest BCUT2D eigenvalue weighted by Crippen LogP contribution is 2.21. The average Bonchev–Trinajstić information content (AvgIpc) is 2.77. The Bertz CT molecular complexity index is 418. The molecule has 1 aromatic heterocycles. The molecule has 1 unspecified atom stereocenters. The highest BCUT2D eigenvalue weighted by atomic mass is 35.5. The van der Waals surface area contributed by atoms with Crippen molar-refractivity contribution in [3.63, 3.8) is 0 Å². The van der Waals surface area contributed by atoms with Gasteiger partial charge in [0.15, 0.2) is 5.82 Å². The van der Waals surface area contributed by atoms with Crippen molar-refractivity contribution in [3.05, 3.63) is 22.7 Å². The summed E-state index contributed by atoms with van der Waals surface area (Å²) in [5.74, 6) is 1.11. The van der Waals surface area contributed by atoms with Gasteiger partial charge in [0.25, 0.3) is 5.56 Å². The maximum Gasteiger partial charge on any atom is 0.293 e. The van der Waals surface area contributed by atoms with E-state index in [1.807, 2.05) is 11.8 Å². The zero-order valence-corrected chi connectivity index (χ0v) is 10.2. The van der Waals surface area contributed by atoms with E-state index >= 15 is 0 Å². The van der Waals surface area contributed by atoms with Gasteiger partial charge in [0.2, 0.25) is 0 Å². The molecule has 0 aliphatic carbocycles. The van der Waals surface area contributed by atoms with Gasteiger partial charge >= 0.3 is 0 Å². The number of rotatable bonds is 3. The molecule has 0 saturated carbocycles. The van der Waals surface area contributed by atoms with Crippen LogP contribution in [0.5, 0.6) is 0 Å². The first-order valence-electron chi connectivity index (χ1n) is 5.66. The number of aryl methyl sites for hydroxylation is 1. The topological polar surface area (TPSA) is 38.1 Å². The van der Waals surface area contributed by atoms with E-state index in [4.69, 9.17) is 11.6 Å². The van der Waals surface area contributed by atoms with Gasteiger partial charge in [0.1, 0.15) is 0 Å². The molecule has 0 radical (unpaired) electrons. The molecule has 0 aromatic carbocycles. The number of aromatic nitrogens is 2. The smallest absolute Gasteiger partial charge is 0.293 e. The molecule has 1 aliphatic rings. The fraction of sp³-hybridized carbons (Fsp3) is 0.636. The van der Waals surface area contributed by atoms with Crippen molar-refractivity contribution < 1.29 is 0 Å².